The number of hydrazine groups is 1. The summed E-state index contributed by atoms with van der Waals surface area (Å²) in [5, 5.41) is 0.492. The predicted molar refractivity (Wildman–Crippen MR) is 72.8 cm³/mol. The molecule has 1 saturated carbocycles. The van der Waals surface area contributed by atoms with E-state index in [0.717, 1.165) is 0 Å². The van der Waals surface area contributed by atoms with Crippen molar-refractivity contribution in [3.8, 4) is 0 Å². The Balaban J connectivity index is 2.09. The molecule has 0 aromatic heterocycles. The third-order valence-corrected chi connectivity index (χ3v) is 4.27. The minimum Gasteiger partial charge on any atom is -0.271 e. The number of hydrogen-bond donors (Lipinski definition) is 2. The van der Waals surface area contributed by atoms with E-state index in [1.807, 2.05) is 0 Å². The molecule has 0 heterocycles. The van der Waals surface area contributed by atoms with E-state index in [1.54, 1.807) is 12.1 Å². The number of halogens is 2. The Morgan fingerprint density at radius 3 is 2.67 bits per heavy atom. The number of nitrogens with one attached hydrogen (secondary N) is 1. The zero-order chi connectivity index (χ0) is 13.0. The summed E-state index contributed by atoms with van der Waals surface area (Å²) in [6.07, 6.45) is 6.69. The van der Waals surface area contributed by atoms with Crippen molar-refractivity contribution >= 4 is 11.6 Å². The molecule has 1 aliphatic rings. The maximum absolute atomic E-state index is 13.8. The van der Waals surface area contributed by atoms with Crippen LogP contribution in [0.4, 0.5) is 4.39 Å². The van der Waals surface area contributed by atoms with Gasteiger partial charge in [-0.25, -0.2) is 4.39 Å². The standard InChI is InChI=1S/C14H20ClFN2/c15-12-7-4-8-13(16)11(12)9-14(18-17)10-5-2-1-3-6-10/h4,7-8,10,14,18H,1-3,5-6,9,17H2. The summed E-state index contributed by atoms with van der Waals surface area (Å²) >= 11 is 6.06. The van der Waals surface area contributed by atoms with Gasteiger partial charge in [0.05, 0.1) is 0 Å². The van der Waals surface area contributed by atoms with E-state index in [1.165, 1.54) is 38.2 Å². The number of hydrogen-bond acceptors (Lipinski definition) is 2. The molecule has 1 fully saturated rings. The highest BCUT2D eigenvalue weighted by atomic mass is 35.5. The zero-order valence-electron chi connectivity index (χ0n) is 10.5. The second-order valence-corrected chi connectivity index (χ2v) is 5.48. The van der Waals surface area contributed by atoms with Gasteiger partial charge >= 0.3 is 0 Å². The molecule has 1 atom stereocenters. The summed E-state index contributed by atoms with van der Waals surface area (Å²) in [5.41, 5.74) is 3.43. The SMILES string of the molecule is NNC(Cc1c(F)cccc1Cl)C1CCCCC1. The maximum atomic E-state index is 13.8. The highest BCUT2D eigenvalue weighted by molar-refractivity contribution is 6.31. The van der Waals surface area contributed by atoms with Crippen molar-refractivity contribution in [3.63, 3.8) is 0 Å². The van der Waals surface area contributed by atoms with Gasteiger partial charge in [0, 0.05) is 16.6 Å². The van der Waals surface area contributed by atoms with E-state index in [-0.39, 0.29) is 11.9 Å². The fourth-order valence-corrected chi connectivity index (χ4v) is 3.09. The van der Waals surface area contributed by atoms with Crippen molar-refractivity contribution in [3.05, 3.63) is 34.6 Å². The second-order valence-electron chi connectivity index (χ2n) is 5.08. The van der Waals surface area contributed by atoms with Crippen LogP contribution in [0.15, 0.2) is 18.2 Å². The molecule has 4 heteroatoms. The largest absolute Gasteiger partial charge is 0.271 e. The molecule has 18 heavy (non-hydrogen) atoms. The first-order valence-electron chi connectivity index (χ1n) is 6.61. The highest BCUT2D eigenvalue weighted by Crippen LogP contribution is 2.29. The topological polar surface area (TPSA) is 38.0 Å². The average Bonchev–Trinajstić information content (AvgIpc) is 2.40. The van der Waals surface area contributed by atoms with Crippen LogP contribution in [0.5, 0.6) is 0 Å². The van der Waals surface area contributed by atoms with Crippen molar-refractivity contribution in [1.29, 1.82) is 0 Å². The van der Waals surface area contributed by atoms with E-state index in [4.69, 9.17) is 17.4 Å². The van der Waals surface area contributed by atoms with Crippen LogP contribution in [0.1, 0.15) is 37.7 Å². The Labute approximate surface area is 113 Å². The highest BCUT2D eigenvalue weighted by Gasteiger charge is 2.24. The van der Waals surface area contributed by atoms with Gasteiger partial charge in [0.15, 0.2) is 0 Å². The van der Waals surface area contributed by atoms with E-state index in [0.29, 0.717) is 22.9 Å². The first-order valence-corrected chi connectivity index (χ1v) is 6.99. The number of nitrogens with two attached hydrogens (primary N) is 1. The van der Waals surface area contributed by atoms with E-state index < -0.39 is 0 Å². The van der Waals surface area contributed by atoms with Crippen LogP contribution in [0.25, 0.3) is 0 Å². The number of benzene rings is 1. The molecule has 0 amide bonds. The van der Waals surface area contributed by atoms with Crippen molar-refractivity contribution in [2.24, 2.45) is 11.8 Å². The summed E-state index contributed by atoms with van der Waals surface area (Å²) < 4.78 is 13.8. The van der Waals surface area contributed by atoms with Crippen LogP contribution in [-0.4, -0.2) is 6.04 Å². The Hall–Kier alpha value is -0.640. The monoisotopic (exact) mass is 270 g/mol. The molecule has 0 saturated heterocycles. The van der Waals surface area contributed by atoms with Gasteiger partial charge in [0.1, 0.15) is 5.82 Å². The lowest BCUT2D eigenvalue weighted by atomic mass is 9.82. The summed E-state index contributed by atoms with van der Waals surface area (Å²) in [7, 11) is 0. The van der Waals surface area contributed by atoms with Gasteiger partial charge in [-0.15, -0.1) is 0 Å². The molecule has 0 aliphatic heterocycles. The molecule has 1 aromatic carbocycles. The quantitative estimate of drug-likeness (QED) is 0.650. The molecule has 100 valence electrons. The van der Waals surface area contributed by atoms with Gasteiger partial charge in [-0.05, 0) is 37.3 Å². The van der Waals surface area contributed by atoms with Gasteiger partial charge in [-0.1, -0.05) is 36.9 Å². The Bertz CT molecular complexity index is 371. The normalized spacial score (nSPS) is 18.8. The third kappa shape index (κ3) is 3.22. The molecule has 2 nitrogen and oxygen atoms in total. The van der Waals surface area contributed by atoms with Crippen LogP contribution in [0.2, 0.25) is 5.02 Å². The van der Waals surface area contributed by atoms with Crippen LogP contribution in [0, 0.1) is 11.7 Å². The molecular weight excluding hydrogens is 251 g/mol. The molecule has 0 spiro atoms. The van der Waals surface area contributed by atoms with Crippen LogP contribution >= 0.6 is 11.6 Å². The molecule has 1 aromatic rings. The second kappa shape index (κ2) is 6.50. The first-order chi connectivity index (χ1) is 8.72. The summed E-state index contributed by atoms with van der Waals surface area (Å²) in [6.45, 7) is 0. The first kappa shape index (κ1) is 13.8. The van der Waals surface area contributed by atoms with Gasteiger partial charge in [0.2, 0.25) is 0 Å². The third-order valence-electron chi connectivity index (χ3n) is 3.92. The Morgan fingerprint density at radius 1 is 1.33 bits per heavy atom. The fraction of sp³-hybridized carbons (Fsp3) is 0.571. The smallest absolute Gasteiger partial charge is 0.127 e. The lowest BCUT2D eigenvalue weighted by Gasteiger charge is -2.30. The lowest BCUT2D eigenvalue weighted by molar-refractivity contribution is 0.267. The van der Waals surface area contributed by atoms with Gasteiger partial charge in [0.25, 0.3) is 0 Å². The van der Waals surface area contributed by atoms with Crippen molar-refractivity contribution < 1.29 is 4.39 Å². The zero-order valence-corrected chi connectivity index (χ0v) is 11.2. The molecule has 3 N–H and O–H groups in total. The van der Waals surface area contributed by atoms with E-state index >= 15 is 0 Å². The lowest BCUT2D eigenvalue weighted by Crippen LogP contribution is -2.43. The maximum Gasteiger partial charge on any atom is 0.127 e. The van der Waals surface area contributed by atoms with Gasteiger partial charge in [-0.2, -0.15) is 0 Å². The molecule has 1 aliphatic carbocycles. The Morgan fingerprint density at radius 2 is 2.06 bits per heavy atom. The van der Waals surface area contributed by atoms with Crippen LogP contribution in [-0.2, 0) is 6.42 Å². The van der Waals surface area contributed by atoms with Crippen molar-refractivity contribution in [1.82, 2.24) is 5.43 Å². The van der Waals surface area contributed by atoms with Crippen LogP contribution < -0.4 is 11.3 Å². The van der Waals surface area contributed by atoms with Crippen molar-refractivity contribution in [2.75, 3.05) is 0 Å². The van der Waals surface area contributed by atoms with Crippen molar-refractivity contribution in [2.45, 2.75) is 44.6 Å². The van der Waals surface area contributed by atoms with Gasteiger partial charge in [-0.3, -0.25) is 11.3 Å². The summed E-state index contributed by atoms with van der Waals surface area (Å²) in [4.78, 5) is 0. The fourth-order valence-electron chi connectivity index (χ4n) is 2.85. The summed E-state index contributed by atoms with van der Waals surface area (Å²) in [5.74, 6) is 5.93. The molecular formula is C14H20ClFN2. The molecule has 0 radical (unpaired) electrons. The molecule has 1 unspecified atom stereocenters. The van der Waals surface area contributed by atoms with E-state index in [2.05, 4.69) is 5.43 Å². The number of rotatable bonds is 4. The van der Waals surface area contributed by atoms with E-state index in [9.17, 15) is 4.39 Å². The molecule has 2 rings (SSSR count). The predicted octanol–water partition coefficient (Wildman–Crippen LogP) is 3.43. The minimum atomic E-state index is -0.237. The Kier molecular flexibility index (Phi) is 4.98. The minimum absolute atomic E-state index is 0.111. The van der Waals surface area contributed by atoms with Gasteiger partial charge < -0.3 is 0 Å². The summed E-state index contributed by atoms with van der Waals surface area (Å²) in [6, 6.07) is 4.93. The van der Waals surface area contributed by atoms with Crippen LogP contribution in [0.3, 0.4) is 0 Å². The average molecular weight is 271 g/mol. The molecule has 0 bridgehead atoms.